The Morgan fingerprint density at radius 2 is 1.95 bits per heavy atom. The molecule has 2 aromatic rings. The molecule has 1 aliphatic carbocycles. The number of nitrogens with one attached hydrogen (secondary N) is 3. The van der Waals surface area contributed by atoms with Crippen LogP contribution in [0.5, 0.6) is 5.75 Å². The molecular weight excluding hydrogens is 505 g/mol. The largest absolute Gasteiger partial charge is 0.480 e. The summed E-state index contributed by atoms with van der Waals surface area (Å²) in [5.74, 6) is -1.14. The number of amides is 3. The minimum Gasteiger partial charge on any atom is -0.480 e. The summed E-state index contributed by atoms with van der Waals surface area (Å²) in [5.41, 5.74) is 0.343. The topological polar surface area (TPSA) is 127 Å². The molecule has 0 spiro atoms. The van der Waals surface area contributed by atoms with Crippen molar-refractivity contribution >= 4 is 23.5 Å². The zero-order valence-corrected chi connectivity index (χ0v) is 21.1. The number of carbonyl (C=O) groups is 3. The number of ether oxygens (including phenoxy) is 1. The van der Waals surface area contributed by atoms with Crippen molar-refractivity contribution in [2.45, 2.75) is 76.9 Å². The second kappa shape index (κ2) is 11.4. The van der Waals surface area contributed by atoms with E-state index in [2.05, 4.69) is 27.6 Å². The van der Waals surface area contributed by atoms with Gasteiger partial charge >= 0.3 is 6.18 Å². The summed E-state index contributed by atoms with van der Waals surface area (Å²) in [7, 11) is 0. The Labute approximate surface area is 217 Å². The number of carbonyl (C=O) groups excluding carboxylic acids is 3. The molecule has 0 bridgehead atoms. The van der Waals surface area contributed by atoms with Crippen LogP contribution in [0.1, 0.15) is 56.4 Å². The van der Waals surface area contributed by atoms with Gasteiger partial charge in [-0.05, 0) is 43.7 Å². The van der Waals surface area contributed by atoms with Crippen molar-refractivity contribution in [3.63, 3.8) is 0 Å². The van der Waals surface area contributed by atoms with Gasteiger partial charge in [-0.25, -0.2) is 4.98 Å². The van der Waals surface area contributed by atoms with E-state index in [1.165, 1.54) is 29.2 Å². The van der Waals surface area contributed by atoms with Crippen molar-refractivity contribution in [3.8, 4) is 5.75 Å². The molecule has 0 radical (unpaired) electrons. The molecule has 0 unspecified atom stereocenters. The molecule has 0 aromatic carbocycles. The Bertz CT molecular complexity index is 1160. The quantitative estimate of drug-likeness (QED) is 0.476. The fourth-order valence-electron chi connectivity index (χ4n) is 4.89. The maximum absolute atomic E-state index is 13.4. The molecule has 1 saturated heterocycles. The highest BCUT2D eigenvalue weighted by Gasteiger charge is 2.48. The number of nitrogens with zero attached hydrogens (tertiary/aromatic N) is 3. The Balaban J connectivity index is 1.46. The van der Waals surface area contributed by atoms with E-state index >= 15 is 0 Å². The number of rotatable bonds is 8. The lowest BCUT2D eigenvalue weighted by molar-refractivity contribution is -0.155. The second-order valence-corrected chi connectivity index (χ2v) is 9.81. The average molecular weight is 537 g/mol. The first-order valence-electron chi connectivity index (χ1n) is 12.7. The summed E-state index contributed by atoms with van der Waals surface area (Å²) in [6.07, 6.45) is -0.234. The SMILES string of the molecule is CCn1nccc1C(=O)N[C@H](C(=O)Nc1cc(O[C@H]2C[C@@H](C(F)(F)F)NC2=O)ccn1)C1CCC(C)CC1. The maximum atomic E-state index is 13.4. The molecule has 2 fully saturated rings. The normalized spacial score (nSPS) is 24.4. The van der Waals surface area contributed by atoms with E-state index in [1.807, 2.05) is 12.2 Å². The van der Waals surface area contributed by atoms with E-state index < -0.39 is 48.5 Å². The summed E-state index contributed by atoms with van der Waals surface area (Å²) in [6, 6.07) is 1.49. The summed E-state index contributed by atoms with van der Waals surface area (Å²) < 4.78 is 45.9. The monoisotopic (exact) mass is 536 g/mol. The first-order valence-corrected chi connectivity index (χ1v) is 12.7. The third kappa shape index (κ3) is 6.43. The highest BCUT2D eigenvalue weighted by molar-refractivity contribution is 6.00. The van der Waals surface area contributed by atoms with E-state index in [1.54, 1.807) is 6.07 Å². The first kappa shape index (κ1) is 27.4. The molecule has 10 nitrogen and oxygen atoms in total. The lowest BCUT2D eigenvalue weighted by atomic mass is 9.79. The molecule has 3 heterocycles. The predicted octanol–water partition coefficient (Wildman–Crippen LogP) is 3.06. The Morgan fingerprint density at radius 1 is 1.21 bits per heavy atom. The molecule has 4 rings (SSSR count). The third-order valence-electron chi connectivity index (χ3n) is 7.06. The molecule has 1 aliphatic heterocycles. The summed E-state index contributed by atoms with van der Waals surface area (Å²) >= 11 is 0. The summed E-state index contributed by atoms with van der Waals surface area (Å²) in [6.45, 7) is 4.50. The molecule has 206 valence electrons. The highest BCUT2D eigenvalue weighted by atomic mass is 19.4. The highest BCUT2D eigenvalue weighted by Crippen LogP contribution is 2.32. The molecular formula is C25H31F3N6O4. The molecule has 3 atom stereocenters. The fraction of sp³-hybridized carbons (Fsp3) is 0.560. The van der Waals surface area contributed by atoms with Crippen molar-refractivity contribution in [2.75, 3.05) is 5.32 Å². The van der Waals surface area contributed by atoms with Crippen LogP contribution in [0.3, 0.4) is 0 Å². The number of anilines is 1. The molecule has 38 heavy (non-hydrogen) atoms. The van der Waals surface area contributed by atoms with Gasteiger partial charge in [0.05, 0.1) is 0 Å². The van der Waals surface area contributed by atoms with Gasteiger partial charge in [-0.15, -0.1) is 0 Å². The molecule has 1 saturated carbocycles. The predicted molar refractivity (Wildman–Crippen MR) is 130 cm³/mol. The molecule has 3 N–H and O–H groups in total. The van der Waals surface area contributed by atoms with Crippen LogP contribution in [0.4, 0.5) is 19.0 Å². The smallest absolute Gasteiger partial charge is 0.408 e. The van der Waals surface area contributed by atoms with Gasteiger partial charge in [-0.3, -0.25) is 19.1 Å². The molecule has 13 heteroatoms. The standard InChI is InChI=1S/C25H31F3N6O4/c1-3-34-17(9-11-30-34)22(35)33-21(15-6-4-14(2)5-7-15)24(37)32-20-12-16(8-10-29-20)38-18-13-19(25(26,27)28)31-23(18)36/h8-12,14-15,18-19,21H,3-7,13H2,1-2H3,(H,31,36)(H,33,35)(H,29,32,37)/t14?,15?,18-,19-,21-/m0/s1. The zero-order chi connectivity index (χ0) is 27.4. The Kier molecular flexibility index (Phi) is 8.22. The molecule has 2 aliphatic rings. The Hall–Kier alpha value is -3.64. The number of alkyl halides is 3. The van der Waals surface area contributed by atoms with Crippen LogP contribution in [0, 0.1) is 11.8 Å². The number of halogens is 3. The van der Waals surface area contributed by atoms with Crippen LogP contribution in [-0.2, 0) is 16.1 Å². The van der Waals surface area contributed by atoms with Gasteiger partial charge in [0.15, 0.2) is 6.10 Å². The van der Waals surface area contributed by atoms with Crippen LogP contribution in [-0.4, -0.2) is 56.8 Å². The summed E-state index contributed by atoms with van der Waals surface area (Å²) in [5, 5.41) is 11.6. The van der Waals surface area contributed by atoms with E-state index in [4.69, 9.17) is 4.74 Å². The van der Waals surface area contributed by atoms with Gasteiger partial charge in [0.1, 0.15) is 29.3 Å². The van der Waals surface area contributed by atoms with E-state index in [-0.39, 0.29) is 17.5 Å². The number of hydrogen-bond donors (Lipinski definition) is 3. The van der Waals surface area contributed by atoms with Crippen molar-refractivity contribution in [3.05, 3.63) is 36.3 Å². The van der Waals surface area contributed by atoms with Crippen LogP contribution in [0.2, 0.25) is 0 Å². The van der Waals surface area contributed by atoms with Gasteiger partial charge < -0.3 is 20.7 Å². The van der Waals surface area contributed by atoms with Crippen molar-refractivity contribution in [1.82, 2.24) is 25.4 Å². The average Bonchev–Trinajstić information content (AvgIpc) is 3.50. The van der Waals surface area contributed by atoms with Gasteiger partial charge in [-0.1, -0.05) is 19.8 Å². The van der Waals surface area contributed by atoms with Crippen LogP contribution in [0.15, 0.2) is 30.6 Å². The number of pyridine rings is 1. The number of aryl methyl sites for hydroxylation is 1. The van der Waals surface area contributed by atoms with Gasteiger partial charge in [-0.2, -0.15) is 18.3 Å². The van der Waals surface area contributed by atoms with E-state index in [9.17, 15) is 27.6 Å². The van der Waals surface area contributed by atoms with E-state index in [0.29, 0.717) is 18.2 Å². The van der Waals surface area contributed by atoms with Crippen LogP contribution < -0.4 is 20.7 Å². The van der Waals surface area contributed by atoms with Crippen LogP contribution in [0.25, 0.3) is 0 Å². The molecule has 3 amide bonds. The number of aromatic nitrogens is 3. The number of hydrogen-bond acceptors (Lipinski definition) is 6. The third-order valence-corrected chi connectivity index (χ3v) is 7.06. The van der Waals surface area contributed by atoms with Gasteiger partial charge in [0.25, 0.3) is 11.8 Å². The van der Waals surface area contributed by atoms with Gasteiger partial charge in [0.2, 0.25) is 5.91 Å². The maximum Gasteiger partial charge on any atom is 0.408 e. The van der Waals surface area contributed by atoms with Crippen LogP contribution >= 0.6 is 0 Å². The lowest BCUT2D eigenvalue weighted by Crippen LogP contribution is -2.49. The minimum absolute atomic E-state index is 0.0807. The van der Waals surface area contributed by atoms with Crippen molar-refractivity contribution < 1.29 is 32.3 Å². The lowest BCUT2D eigenvalue weighted by Gasteiger charge is -2.32. The zero-order valence-electron chi connectivity index (χ0n) is 21.1. The van der Waals surface area contributed by atoms with Crippen molar-refractivity contribution in [1.29, 1.82) is 0 Å². The minimum atomic E-state index is -4.57. The fourth-order valence-corrected chi connectivity index (χ4v) is 4.89. The summed E-state index contributed by atoms with van der Waals surface area (Å²) in [4.78, 5) is 42.5. The Morgan fingerprint density at radius 3 is 2.61 bits per heavy atom. The van der Waals surface area contributed by atoms with Crippen molar-refractivity contribution in [2.24, 2.45) is 11.8 Å². The molecule has 2 aromatic heterocycles. The van der Waals surface area contributed by atoms with E-state index in [0.717, 1.165) is 25.7 Å². The first-order chi connectivity index (χ1) is 18.0. The second-order valence-electron chi connectivity index (χ2n) is 9.81. The van der Waals surface area contributed by atoms with Gasteiger partial charge in [0, 0.05) is 31.4 Å².